The summed E-state index contributed by atoms with van der Waals surface area (Å²) >= 11 is 2.05. The van der Waals surface area contributed by atoms with Gasteiger partial charge in [0.15, 0.2) is 0 Å². The Morgan fingerprint density at radius 3 is 2.80 bits per heavy atom. The van der Waals surface area contributed by atoms with Gasteiger partial charge in [0.2, 0.25) is 0 Å². The van der Waals surface area contributed by atoms with Crippen LogP contribution < -0.4 is 11.4 Å². The monoisotopic (exact) mass is 317 g/mol. The van der Waals surface area contributed by atoms with E-state index < -0.39 is 11.4 Å². The number of rotatable bonds is 1. The first-order valence-corrected chi connectivity index (χ1v) is 5.55. The number of halogens is 1. The van der Waals surface area contributed by atoms with Crippen LogP contribution in [0.1, 0.15) is 6.92 Å². The number of hydrogen-bond acceptors (Lipinski definition) is 3. The maximum atomic E-state index is 11.5. The fraction of sp³-hybridized carbons (Fsp3) is 0.200. The molecule has 0 aliphatic rings. The lowest BCUT2D eigenvalue weighted by molar-refractivity contribution is 0.421. The number of nitrogens with zero attached hydrogens (tertiary/aromatic N) is 1. The van der Waals surface area contributed by atoms with Crippen molar-refractivity contribution in [2.45, 2.75) is 13.5 Å². The van der Waals surface area contributed by atoms with Gasteiger partial charge in [-0.25, -0.2) is 9.59 Å². The van der Waals surface area contributed by atoms with Gasteiger partial charge in [-0.2, -0.15) is 0 Å². The second kappa shape index (κ2) is 3.80. The fourth-order valence-corrected chi connectivity index (χ4v) is 2.23. The van der Waals surface area contributed by atoms with Crippen molar-refractivity contribution in [3.8, 4) is 0 Å². The summed E-state index contributed by atoms with van der Waals surface area (Å²) in [5.41, 5.74) is 0.0651. The minimum absolute atomic E-state index is 0.472. The van der Waals surface area contributed by atoms with E-state index >= 15 is 0 Å². The van der Waals surface area contributed by atoms with Gasteiger partial charge in [0.05, 0.1) is 10.9 Å². The molecule has 0 radical (unpaired) electrons. The van der Waals surface area contributed by atoms with Crippen LogP contribution in [0.5, 0.6) is 0 Å². The molecule has 0 saturated carbocycles. The quantitative estimate of drug-likeness (QED) is 0.751. The molecule has 1 heterocycles. The van der Waals surface area contributed by atoms with E-state index in [1.165, 1.54) is 4.57 Å². The Kier molecular flexibility index (Phi) is 2.64. The molecule has 5 heteroatoms. The minimum Gasteiger partial charge on any atom is -0.372 e. The highest BCUT2D eigenvalue weighted by molar-refractivity contribution is 14.1. The molecular formula is C10H8INO3. The van der Waals surface area contributed by atoms with Crippen LogP contribution in [0, 0.1) is 3.57 Å². The normalized spacial score (nSPS) is 10.8. The van der Waals surface area contributed by atoms with E-state index in [-0.39, 0.29) is 0 Å². The Morgan fingerprint density at radius 1 is 1.40 bits per heavy atom. The van der Waals surface area contributed by atoms with E-state index in [9.17, 15) is 9.59 Å². The summed E-state index contributed by atoms with van der Waals surface area (Å²) in [6.45, 7) is 2.32. The van der Waals surface area contributed by atoms with Crippen LogP contribution in [0.25, 0.3) is 10.9 Å². The molecule has 2 aromatic rings. The predicted molar refractivity (Wildman–Crippen MR) is 65.1 cm³/mol. The summed E-state index contributed by atoms with van der Waals surface area (Å²) in [7, 11) is 0. The van der Waals surface area contributed by atoms with Crippen molar-refractivity contribution in [1.29, 1.82) is 0 Å². The number of aromatic nitrogens is 1. The van der Waals surface area contributed by atoms with Crippen LogP contribution in [0.3, 0.4) is 0 Å². The van der Waals surface area contributed by atoms with Gasteiger partial charge in [-0.1, -0.05) is 6.07 Å². The van der Waals surface area contributed by atoms with Gasteiger partial charge in [0.25, 0.3) is 0 Å². The second-order valence-corrected chi connectivity index (χ2v) is 4.20. The molecular weight excluding hydrogens is 309 g/mol. The van der Waals surface area contributed by atoms with Crippen LogP contribution in [0.2, 0.25) is 0 Å². The molecule has 0 fully saturated rings. The molecule has 0 unspecified atom stereocenters. The summed E-state index contributed by atoms with van der Waals surface area (Å²) in [6, 6.07) is 5.37. The molecule has 1 aromatic carbocycles. The van der Waals surface area contributed by atoms with E-state index in [1.807, 2.05) is 19.1 Å². The molecule has 0 spiro atoms. The van der Waals surface area contributed by atoms with Crippen molar-refractivity contribution in [2.24, 2.45) is 0 Å². The Morgan fingerprint density at radius 2 is 2.13 bits per heavy atom. The number of aryl methyl sites for hydroxylation is 1. The molecule has 0 N–H and O–H groups in total. The highest BCUT2D eigenvalue weighted by Crippen LogP contribution is 2.15. The van der Waals surface area contributed by atoms with Crippen molar-refractivity contribution in [2.75, 3.05) is 0 Å². The third kappa shape index (κ3) is 1.60. The van der Waals surface area contributed by atoms with Crippen molar-refractivity contribution < 1.29 is 4.42 Å². The molecule has 0 bridgehead atoms. The fourth-order valence-electron chi connectivity index (χ4n) is 1.52. The zero-order chi connectivity index (χ0) is 11.0. The van der Waals surface area contributed by atoms with E-state index in [4.69, 9.17) is 0 Å². The third-order valence-electron chi connectivity index (χ3n) is 2.20. The van der Waals surface area contributed by atoms with Crippen LogP contribution in [-0.4, -0.2) is 4.57 Å². The Bertz CT molecular complexity index is 627. The SMILES string of the molecule is CCn1c(=O)oc(=O)c2c(I)cccc21. The van der Waals surface area contributed by atoms with Gasteiger partial charge in [-0.3, -0.25) is 4.57 Å². The van der Waals surface area contributed by atoms with Gasteiger partial charge in [0, 0.05) is 10.1 Å². The molecule has 0 aliphatic heterocycles. The van der Waals surface area contributed by atoms with E-state index in [0.717, 1.165) is 3.57 Å². The zero-order valence-corrected chi connectivity index (χ0v) is 10.1. The highest BCUT2D eigenvalue weighted by Gasteiger charge is 2.09. The Balaban J connectivity index is 3.10. The van der Waals surface area contributed by atoms with Gasteiger partial charge in [-0.15, -0.1) is 0 Å². The molecule has 0 amide bonds. The highest BCUT2D eigenvalue weighted by atomic mass is 127. The zero-order valence-electron chi connectivity index (χ0n) is 7.99. The van der Waals surface area contributed by atoms with Crippen molar-refractivity contribution in [3.05, 3.63) is 42.7 Å². The van der Waals surface area contributed by atoms with Crippen LogP contribution in [-0.2, 0) is 6.54 Å². The maximum Gasteiger partial charge on any atom is 0.422 e. The molecule has 0 aliphatic carbocycles. The van der Waals surface area contributed by atoms with Crippen LogP contribution in [0.15, 0.2) is 32.2 Å². The smallest absolute Gasteiger partial charge is 0.372 e. The van der Waals surface area contributed by atoms with Gasteiger partial charge < -0.3 is 4.42 Å². The van der Waals surface area contributed by atoms with Crippen molar-refractivity contribution in [1.82, 2.24) is 4.57 Å². The second-order valence-electron chi connectivity index (χ2n) is 3.03. The van der Waals surface area contributed by atoms with E-state index in [1.54, 1.807) is 6.07 Å². The summed E-state index contributed by atoms with van der Waals surface area (Å²) < 4.78 is 6.88. The molecule has 1 aromatic heterocycles. The summed E-state index contributed by atoms with van der Waals surface area (Å²) in [6.07, 6.45) is 0. The molecule has 78 valence electrons. The van der Waals surface area contributed by atoms with Gasteiger partial charge in [0.1, 0.15) is 0 Å². The lowest BCUT2D eigenvalue weighted by atomic mass is 10.2. The van der Waals surface area contributed by atoms with Crippen molar-refractivity contribution >= 4 is 33.5 Å². The number of hydrogen-bond donors (Lipinski definition) is 0. The molecule has 0 atom stereocenters. The topological polar surface area (TPSA) is 52.2 Å². The minimum atomic E-state index is -0.600. The largest absolute Gasteiger partial charge is 0.422 e. The lowest BCUT2D eigenvalue weighted by Crippen LogP contribution is -2.24. The molecule has 4 nitrogen and oxygen atoms in total. The predicted octanol–water partition coefficient (Wildman–Crippen LogP) is 1.58. The molecule has 15 heavy (non-hydrogen) atoms. The van der Waals surface area contributed by atoms with Gasteiger partial charge >= 0.3 is 11.4 Å². The summed E-state index contributed by atoms with van der Waals surface area (Å²) in [4.78, 5) is 22.9. The first-order chi connectivity index (χ1) is 7.15. The number of benzene rings is 1. The third-order valence-corrected chi connectivity index (χ3v) is 3.10. The Hall–Kier alpha value is -1.11. The van der Waals surface area contributed by atoms with E-state index in [0.29, 0.717) is 17.4 Å². The van der Waals surface area contributed by atoms with Crippen LogP contribution in [0.4, 0.5) is 0 Å². The average Bonchev–Trinajstić information content (AvgIpc) is 2.17. The summed E-state index contributed by atoms with van der Waals surface area (Å²) in [5.74, 6) is -0.600. The molecule has 0 saturated heterocycles. The summed E-state index contributed by atoms with van der Waals surface area (Å²) in [5, 5.41) is 0.472. The first kappa shape index (κ1) is 10.4. The number of fused-ring (bicyclic) bond motifs is 1. The Labute approximate surface area is 98.7 Å². The molecule has 2 rings (SSSR count). The average molecular weight is 317 g/mol. The van der Waals surface area contributed by atoms with Crippen LogP contribution >= 0.6 is 22.6 Å². The maximum absolute atomic E-state index is 11.5. The van der Waals surface area contributed by atoms with Gasteiger partial charge in [-0.05, 0) is 41.6 Å². The first-order valence-electron chi connectivity index (χ1n) is 4.47. The standard InChI is InChI=1S/C10H8INO3/c1-2-12-7-5-3-4-6(11)8(7)9(13)15-10(12)14/h3-5H,2H2,1H3. The van der Waals surface area contributed by atoms with Crippen molar-refractivity contribution in [3.63, 3.8) is 0 Å². The lowest BCUT2D eigenvalue weighted by Gasteiger charge is -2.05. The van der Waals surface area contributed by atoms with E-state index in [2.05, 4.69) is 27.0 Å².